The van der Waals surface area contributed by atoms with E-state index in [2.05, 4.69) is 63.5 Å². The minimum atomic E-state index is 0.774. The lowest BCUT2D eigenvalue weighted by Crippen LogP contribution is -2.38. The molecule has 1 unspecified atom stereocenters. The van der Waals surface area contributed by atoms with E-state index >= 15 is 0 Å². The van der Waals surface area contributed by atoms with Crippen LogP contribution in [-0.4, -0.2) is 41.4 Å². The molecule has 1 N–H and O–H groups in total. The molecular formula is C18H25BrN4. The fourth-order valence-corrected chi connectivity index (χ4v) is 3.63. The Hall–Kier alpha value is -1.17. The van der Waals surface area contributed by atoms with E-state index in [1.54, 1.807) is 0 Å². The lowest BCUT2D eigenvalue weighted by atomic mass is 9.97. The average Bonchev–Trinajstić information content (AvgIpc) is 2.90. The Morgan fingerprint density at radius 2 is 2.09 bits per heavy atom. The van der Waals surface area contributed by atoms with Crippen molar-refractivity contribution in [3.63, 3.8) is 0 Å². The summed E-state index contributed by atoms with van der Waals surface area (Å²) in [6.07, 6.45) is 4.82. The zero-order valence-corrected chi connectivity index (χ0v) is 15.5. The van der Waals surface area contributed by atoms with Crippen molar-refractivity contribution in [3.8, 4) is 5.69 Å². The second-order valence-electron chi connectivity index (χ2n) is 6.46. The van der Waals surface area contributed by atoms with Gasteiger partial charge in [-0.1, -0.05) is 15.9 Å². The van der Waals surface area contributed by atoms with Crippen LogP contribution in [0.5, 0.6) is 0 Å². The Kier molecular flexibility index (Phi) is 5.51. The first-order valence-electron chi connectivity index (χ1n) is 8.33. The Labute approximate surface area is 147 Å². The number of nitrogens with zero attached hydrogens (tertiary/aromatic N) is 3. The molecule has 1 fully saturated rings. The molecule has 0 amide bonds. The number of nitrogens with one attached hydrogen (secondary N) is 1. The molecule has 1 aliphatic rings. The van der Waals surface area contributed by atoms with Gasteiger partial charge in [-0.3, -0.25) is 4.90 Å². The summed E-state index contributed by atoms with van der Waals surface area (Å²) < 4.78 is 3.08. The molecule has 4 nitrogen and oxygen atoms in total. The first-order valence-corrected chi connectivity index (χ1v) is 9.13. The number of aryl methyl sites for hydroxylation is 1. The van der Waals surface area contributed by atoms with E-state index in [9.17, 15) is 0 Å². The molecule has 1 aromatic heterocycles. The van der Waals surface area contributed by atoms with Crippen LogP contribution in [0.4, 0.5) is 0 Å². The summed E-state index contributed by atoms with van der Waals surface area (Å²) >= 11 is 3.48. The molecule has 0 aliphatic carbocycles. The molecule has 2 aromatic rings. The fourth-order valence-electron chi connectivity index (χ4n) is 3.37. The molecule has 124 valence electrons. The van der Waals surface area contributed by atoms with Crippen molar-refractivity contribution in [1.82, 2.24) is 20.0 Å². The summed E-state index contributed by atoms with van der Waals surface area (Å²) in [5.41, 5.74) is 3.57. The van der Waals surface area contributed by atoms with Crippen LogP contribution in [-0.2, 0) is 6.54 Å². The highest BCUT2D eigenvalue weighted by Gasteiger charge is 2.20. The van der Waals surface area contributed by atoms with E-state index < -0.39 is 0 Å². The number of hydrogen-bond acceptors (Lipinski definition) is 3. The standard InChI is InChI=1S/C18H25BrN4/c1-14-16(12-22-9-3-4-15(11-22)10-20-2)13-23(21-14)18-7-5-17(19)6-8-18/h5-8,13,15,20H,3-4,9-12H2,1-2H3. The van der Waals surface area contributed by atoms with Crippen molar-refractivity contribution < 1.29 is 0 Å². The predicted octanol–water partition coefficient (Wildman–Crippen LogP) is 3.37. The third kappa shape index (κ3) is 4.22. The van der Waals surface area contributed by atoms with Gasteiger partial charge in [0.1, 0.15) is 0 Å². The molecule has 0 radical (unpaired) electrons. The van der Waals surface area contributed by atoms with Gasteiger partial charge < -0.3 is 5.32 Å². The SMILES string of the molecule is CNCC1CCCN(Cc2cn(-c3ccc(Br)cc3)nc2C)C1. The monoisotopic (exact) mass is 376 g/mol. The minimum absolute atomic E-state index is 0.774. The van der Waals surface area contributed by atoms with Crippen molar-refractivity contribution in [2.24, 2.45) is 5.92 Å². The quantitative estimate of drug-likeness (QED) is 0.867. The summed E-state index contributed by atoms with van der Waals surface area (Å²) in [7, 11) is 2.05. The van der Waals surface area contributed by atoms with Gasteiger partial charge in [0.2, 0.25) is 0 Å². The van der Waals surface area contributed by atoms with Crippen molar-refractivity contribution >= 4 is 15.9 Å². The van der Waals surface area contributed by atoms with E-state index in [-0.39, 0.29) is 0 Å². The minimum Gasteiger partial charge on any atom is -0.319 e. The zero-order valence-electron chi connectivity index (χ0n) is 13.9. The van der Waals surface area contributed by atoms with Crippen LogP contribution in [0.15, 0.2) is 34.9 Å². The van der Waals surface area contributed by atoms with E-state index in [0.29, 0.717) is 0 Å². The van der Waals surface area contributed by atoms with Gasteiger partial charge in [0, 0.05) is 29.3 Å². The van der Waals surface area contributed by atoms with E-state index in [1.807, 2.05) is 11.7 Å². The van der Waals surface area contributed by atoms with Crippen LogP contribution in [0.1, 0.15) is 24.1 Å². The van der Waals surface area contributed by atoms with Crippen LogP contribution in [0.25, 0.3) is 5.69 Å². The van der Waals surface area contributed by atoms with Gasteiger partial charge in [0.25, 0.3) is 0 Å². The van der Waals surface area contributed by atoms with E-state index in [0.717, 1.165) is 34.9 Å². The van der Waals surface area contributed by atoms with Crippen LogP contribution in [0.2, 0.25) is 0 Å². The molecule has 23 heavy (non-hydrogen) atoms. The van der Waals surface area contributed by atoms with Crippen LogP contribution in [0, 0.1) is 12.8 Å². The molecule has 1 saturated heterocycles. The molecule has 5 heteroatoms. The van der Waals surface area contributed by atoms with Gasteiger partial charge in [-0.2, -0.15) is 5.10 Å². The summed E-state index contributed by atoms with van der Waals surface area (Å²) in [6.45, 7) is 6.61. The first-order chi connectivity index (χ1) is 11.2. The Morgan fingerprint density at radius 1 is 1.30 bits per heavy atom. The third-order valence-corrected chi connectivity index (χ3v) is 5.11. The summed E-state index contributed by atoms with van der Waals surface area (Å²) in [5, 5.41) is 8.01. The summed E-state index contributed by atoms with van der Waals surface area (Å²) in [6, 6.07) is 8.28. The topological polar surface area (TPSA) is 33.1 Å². The third-order valence-electron chi connectivity index (χ3n) is 4.58. The van der Waals surface area contributed by atoms with Crippen LogP contribution in [0.3, 0.4) is 0 Å². The largest absolute Gasteiger partial charge is 0.319 e. The maximum atomic E-state index is 4.69. The summed E-state index contributed by atoms with van der Waals surface area (Å²) in [4.78, 5) is 2.57. The lowest BCUT2D eigenvalue weighted by Gasteiger charge is -2.32. The fraction of sp³-hybridized carbons (Fsp3) is 0.500. The van der Waals surface area contributed by atoms with Gasteiger partial charge in [-0.25, -0.2) is 4.68 Å². The molecule has 1 aromatic carbocycles. The van der Waals surface area contributed by atoms with Crippen LogP contribution < -0.4 is 5.32 Å². The van der Waals surface area contributed by atoms with Gasteiger partial charge in [0.15, 0.2) is 0 Å². The Bertz CT molecular complexity index is 633. The number of halogens is 1. The number of piperidine rings is 1. The predicted molar refractivity (Wildman–Crippen MR) is 97.9 cm³/mol. The van der Waals surface area contributed by atoms with Gasteiger partial charge in [0.05, 0.1) is 11.4 Å². The number of rotatable bonds is 5. The van der Waals surface area contributed by atoms with Crippen molar-refractivity contribution in [1.29, 1.82) is 0 Å². The van der Waals surface area contributed by atoms with E-state index in [1.165, 1.54) is 31.5 Å². The number of likely N-dealkylation sites (tertiary alicyclic amines) is 1. The number of aromatic nitrogens is 2. The highest BCUT2D eigenvalue weighted by molar-refractivity contribution is 9.10. The number of hydrogen-bond donors (Lipinski definition) is 1. The maximum absolute atomic E-state index is 4.69. The van der Waals surface area contributed by atoms with Crippen LogP contribution >= 0.6 is 15.9 Å². The van der Waals surface area contributed by atoms with Crippen molar-refractivity contribution in [2.75, 3.05) is 26.7 Å². The molecule has 0 bridgehead atoms. The Morgan fingerprint density at radius 3 is 2.83 bits per heavy atom. The van der Waals surface area contributed by atoms with Gasteiger partial charge in [-0.05, 0) is 70.1 Å². The van der Waals surface area contributed by atoms with Gasteiger partial charge in [-0.15, -0.1) is 0 Å². The second kappa shape index (κ2) is 7.60. The Balaban J connectivity index is 1.70. The summed E-state index contributed by atoms with van der Waals surface area (Å²) in [5.74, 6) is 0.774. The molecule has 2 heterocycles. The highest BCUT2D eigenvalue weighted by atomic mass is 79.9. The smallest absolute Gasteiger partial charge is 0.0646 e. The highest BCUT2D eigenvalue weighted by Crippen LogP contribution is 2.20. The first kappa shape index (κ1) is 16.7. The molecular weight excluding hydrogens is 352 g/mol. The van der Waals surface area contributed by atoms with E-state index in [4.69, 9.17) is 5.10 Å². The molecule has 0 saturated carbocycles. The second-order valence-corrected chi connectivity index (χ2v) is 7.38. The average molecular weight is 377 g/mol. The van der Waals surface area contributed by atoms with Crippen molar-refractivity contribution in [2.45, 2.75) is 26.3 Å². The van der Waals surface area contributed by atoms with Gasteiger partial charge >= 0.3 is 0 Å². The molecule has 0 spiro atoms. The maximum Gasteiger partial charge on any atom is 0.0646 e. The lowest BCUT2D eigenvalue weighted by molar-refractivity contribution is 0.166. The van der Waals surface area contributed by atoms with Crippen molar-refractivity contribution in [3.05, 3.63) is 46.2 Å². The molecule has 3 rings (SSSR count). The normalized spacial score (nSPS) is 19.2. The molecule has 1 aliphatic heterocycles. The zero-order chi connectivity index (χ0) is 16.2. The molecule has 1 atom stereocenters. The number of benzene rings is 1.